The fraction of sp³-hybridized carbons (Fsp3) is 0.195. The minimum atomic E-state index is -0.902. The highest BCUT2D eigenvalue weighted by molar-refractivity contribution is 5.92. The molecule has 0 bridgehead atoms. The molecule has 12 nitrogen and oxygen atoms in total. The zero-order chi connectivity index (χ0) is 36.3. The average molecular weight is 707 g/mol. The van der Waals surface area contributed by atoms with Crippen molar-refractivity contribution >= 4 is 28.7 Å². The van der Waals surface area contributed by atoms with E-state index in [1.54, 1.807) is 61.2 Å². The summed E-state index contributed by atoms with van der Waals surface area (Å²) in [5, 5.41) is 21.9. The summed E-state index contributed by atoms with van der Waals surface area (Å²) in [7, 11) is 0. The fourth-order valence-corrected chi connectivity index (χ4v) is 7.26. The average Bonchev–Trinajstić information content (AvgIpc) is 3.66. The van der Waals surface area contributed by atoms with Crippen LogP contribution in [0.5, 0.6) is 5.75 Å². The predicted octanol–water partition coefficient (Wildman–Crippen LogP) is 4.88. The monoisotopic (exact) mass is 706 g/mol. The van der Waals surface area contributed by atoms with E-state index in [1.165, 1.54) is 0 Å². The Kier molecular flexibility index (Phi) is 9.26. The maximum atomic E-state index is 14.6. The van der Waals surface area contributed by atoms with E-state index in [1.807, 2.05) is 97.2 Å². The van der Waals surface area contributed by atoms with Gasteiger partial charge in [0.05, 0.1) is 30.5 Å². The molecule has 4 heterocycles. The number of aromatic hydroxyl groups is 1. The van der Waals surface area contributed by atoms with Gasteiger partial charge in [0, 0.05) is 49.4 Å². The number of phenols is 1. The topological polar surface area (TPSA) is 127 Å². The molecule has 2 saturated heterocycles. The van der Waals surface area contributed by atoms with Gasteiger partial charge in [-0.3, -0.25) is 14.6 Å². The van der Waals surface area contributed by atoms with Crippen molar-refractivity contribution in [3.8, 4) is 11.4 Å². The van der Waals surface area contributed by atoms with Crippen molar-refractivity contribution in [3.63, 3.8) is 0 Å². The maximum absolute atomic E-state index is 14.6. The summed E-state index contributed by atoms with van der Waals surface area (Å²) in [4.78, 5) is 51.3. The molecule has 0 aliphatic carbocycles. The number of amides is 4. The van der Waals surface area contributed by atoms with Crippen LogP contribution >= 0.6 is 0 Å². The Morgan fingerprint density at radius 1 is 0.811 bits per heavy atom. The van der Waals surface area contributed by atoms with Gasteiger partial charge in [0.2, 0.25) is 11.8 Å². The molecule has 2 aliphatic heterocycles. The Hall–Kier alpha value is -6.53. The molecule has 0 saturated carbocycles. The summed E-state index contributed by atoms with van der Waals surface area (Å²) in [6, 6.07) is 34.4. The first-order valence-corrected chi connectivity index (χ1v) is 17.6. The Bertz CT molecular complexity index is 2240. The first-order valence-electron chi connectivity index (χ1n) is 17.6. The number of urea groups is 1. The standard InChI is InChI=1S/C41H38N8O4/c50-35-18-16-29(17-19-35)21-36-40(52)45(26-33-12-7-11-32-13-8-20-42-39(32)33)27-37-48(36)38(51)28-46(49(37)41(53)43-22-30-9-3-1-4-10-30)24-31-23-44-47(25-31)34-14-5-2-6-15-34/h1-20,23,25,36-37,50H,21-22,24,26-28H2,(H,43,53). The molecule has 8 rings (SSSR count). The van der Waals surface area contributed by atoms with Gasteiger partial charge >= 0.3 is 6.03 Å². The van der Waals surface area contributed by atoms with Crippen LogP contribution in [0, 0.1) is 0 Å². The summed E-state index contributed by atoms with van der Waals surface area (Å²) in [5.74, 6) is -0.382. The quantitative estimate of drug-likeness (QED) is 0.220. The minimum absolute atomic E-state index is 0.0818. The molecule has 4 amide bonds. The third kappa shape index (κ3) is 7.04. The Morgan fingerprint density at radius 2 is 1.57 bits per heavy atom. The SMILES string of the molecule is O=C1C(Cc2ccc(O)cc2)N2C(=O)CN(Cc3cnn(-c4ccccc4)c3)N(C(=O)NCc3ccccc3)C2CN1Cc1cccc2cccnc12. The molecular weight excluding hydrogens is 669 g/mol. The summed E-state index contributed by atoms with van der Waals surface area (Å²) < 4.78 is 1.76. The van der Waals surface area contributed by atoms with Crippen molar-refractivity contribution in [2.75, 3.05) is 13.1 Å². The zero-order valence-corrected chi connectivity index (χ0v) is 28.9. The smallest absolute Gasteiger partial charge is 0.334 e. The second-order valence-electron chi connectivity index (χ2n) is 13.3. The van der Waals surface area contributed by atoms with E-state index in [0.717, 1.165) is 38.8 Å². The molecule has 0 radical (unpaired) electrons. The van der Waals surface area contributed by atoms with Crippen molar-refractivity contribution in [2.24, 2.45) is 0 Å². The molecule has 2 aromatic heterocycles. The van der Waals surface area contributed by atoms with E-state index in [4.69, 9.17) is 0 Å². The van der Waals surface area contributed by atoms with Gasteiger partial charge in [0.1, 0.15) is 18.0 Å². The van der Waals surface area contributed by atoms with Gasteiger partial charge < -0.3 is 20.2 Å². The predicted molar refractivity (Wildman–Crippen MR) is 198 cm³/mol. The van der Waals surface area contributed by atoms with E-state index in [9.17, 15) is 19.5 Å². The molecule has 2 N–H and O–H groups in total. The van der Waals surface area contributed by atoms with Crippen LogP contribution in [0.15, 0.2) is 134 Å². The number of benzene rings is 4. The number of para-hydroxylation sites is 2. The summed E-state index contributed by atoms with van der Waals surface area (Å²) in [5.41, 5.74) is 5.05. The van der Waals surface area contributed by atoms with Crippen LogP contribution in [0.2, 0.25) is 0 Å². The molecule has 2 unspecified atom stereocenters. The fourth-order valence-electron chi connectivity index (χ4n) is 7.26. The number of nitrogens with zero attached hydrogens (tertiary/aromatic N) is 7. The summed E-state index contributed by atoms with van der Waals surface area (Å²) >= 11 is 0. The number of phenolic OH excluding ortho intramolecular Hbond substituents is 1. The molecule has 2 aliphatic rings. The van der Waals surface area contributed by atoms with E-state index in [2.05, 4.69) is 15.4 Å². The zero-order valence-electron chi connectivity index (χ0n) is 28.9. The van der Waals surface area contributed by atoms with Crippen LogP contribution in [0.1, 0.15) is 22.3 Å². The second kappa shape index (κ2) is 14.6. The summed E-state index contributed by atoms with van der Waals surface area (Å²) in [6.45, 7) is 0.696. The summed E-state index contributed by atoms with van der Waals surface area (Å²) in [6.07, 6.45) is 4.75. The largest absolute Gasteiger partial charge is 0.508 e. The van der Waals surface area contributed by atoms with Gasteiger partial charge in [-0.1, -0.05) is 84.9 Å². The van der Waals surface area contributed by atoms with Gasteiger partial charge in [-0.25, -0.2) is 19.5 Å². The van der Waals surface area contributed by atoms with Crippen LogP contribution in [0.25, 0.3) is 16.6 Å². The highest BCUT2D eigenvalue weighted by Gasteiger charge is 2.51. The van der Waals surface area contributed by atoms with Crippen LogP contribution in [0.4, 0.5) is 4.79 Å². The van der Waals surface area contributed by atoms with E-state index in [0.29, 0.717) is 0 Å². The third-order valence-corrected chi connectivity index (χ3v) is 9.79. The number of aromatic nitrogens is 3. The van der Waals surface area contributed by atoms with E-state index >= 15 is 0 Å². The van der Waals surface area contributed by atoms with E-state index in [-0.39, 0.29) is 56.7 Å². The van der Waals surface area contributed by atoms with Crippen LogP contribution in [-0.2, 0) is 35.6 Å². The molecule has 2 atom stereocenters. The molecule has 53 heavy (non-hydrogen) atoms. The van der Waals surface area contributed by atoms with Gasteiger partial charge in [0.25, 0.3) is 0 Å². The van der Waals surface area contributed by atoms with Gasteiger partial charge in [-0.15, -0.1) is 0 Å². The maximum Gasteiger partial charge on any atom is 0.334 e. The Balaban J connectivity index is 1.16. The lowest BCUT2D eigenvalue weighted by Gasteiger charge is -2.55. The van der Waals surface area contributed by atoms with Crippen molar-refractivity contribution in [1.82, 2.24) is 39.9 Å². The molecule has 12 heteroatoms. The van der Waals surface area contributed by atoms with Crippen LogP contribution in [0.3, 0.4) is 0 Å². The first kappa shape index (κ1) is 33.6. The number of hydrogen-bond donors (Lipinski definition) is 2. The highest BCUT2D eigenvalue weighted by atomic mass is 16.3. The van der Waals surface area contributed by atoms with Gasteiger partial charge in [-0.2, -0.15) is 5.10 Å². The Labute approximate surface area is 306 Å². The Morgan fingerprint density at radius 3 is 2.36 bits per heavy atom. The molecule has 0 spiro atoms. The molecule has 2 fully saturated rings. The molecule has 6 aromatic rings. The number of pyridine rings is 1. The van der Waals surface area contributed by atoms with Crippen LogP contribution < -0.4 is 5.32 Å². The number of hydrogen-bond acceptors (Lipinski definition) is 7. The number of rotatable bonds is 9. The van der Waals surface area contributed by atoms with Gasteiger partial charge in [0.15, 0.2) is 0 Å². The molecule has 4 aromatic carbocycles. The number of piperazine rings is 1. The lowest BCUT2D eigenvalue weighted by Crippen LogP contribution is -2.76. The first-order chi connectivity index (χ1) is 25.9. The number of nitrogens with one attached hydrogen (secondary N) is 1. The number of hydrazine groups is 1. The molecular formula is C41H38N8O4. The van der Waals surface area contributed by atoms with Crippen molar-refractivity contribution in [1.29, 1.82) is 0 Å². The lowest BCUT2D eigenvalue weighted by atomic mass is 9.98. The number of fused-ring (bicyclic) bond motifs is 2. The number of carbonyl (C=O) groups is 3. The normalized spacial score (nSPS) is 17.6. The van der Waals surface area contributed by atoms with Crippen molar-refractivity contribution < 1.29 is 19.5 Å². The van der Waals surface area contributed by atoms with Crippen molar-refractivity contribution in [2.45, 2.75) is 38.3 Å². The van der Waals surface area contributed by atoms with Gasteiger partial charge in [-0.05, 0) is 47.0 Å². The van der Waals surface area contributed by atoms with Crippen LogP contribution in [-0.4, -0.2) is 82.8 Å². The molecule has 266 valence electrons. The minimum Gasteiger partial charge on any atom is -0.508 e. The van der Waals surface area contributed by atoms with Crippen molar-refractivity contribution in [3.05, 3.63) is 156 Å². The third-order valence-electron chi connectivity index (χ3n) is 9.79. The second-order valence-corrected chi connectivity index (χ2v) is 13.3. The van der Waals surface area contributed by atoms with E-state index < -0.39 is 18.2 Å². The number of carbonyl (C=O) groups excluding carboxylic acids is 3. The highest BCUT2D eigenvalue weighted by Crippen LogP contribution is 2.31. The lowest BCUT2D eigenvalue weighted by molar-refractivity contribution is -0.192.